The Hall–Kier alpha value is -1.10. The predicted octanol–water partition coefficient (Wildman–Crippen LogP) is -0.245. The average Bonchev–Trinajstić information content (AvgIpc) is 2.18. The number of likely N-dealkylation sites (N-methyl/N-ethyl adjacent to an activating group) is 1. The van der Waals surface area contributed by atoms with Crippen molar-refractivity contribution in [3.8, 4) is 0 Å². The minimum Gasteiger partial charge on any atom is -0.355 e. The van der Waals surface area contributed by atoms with Crippen molar-refractivity contribution in [3.05, 3.63) is 0 Å². The molecule has 0 heterocycles. The van der Waals surface area contributed by atoms with Crippen LogP contribution in [0.4, 0.5) is 0 Å². The molecule has 0 radical (unpaired) electrons. The fourth-order valence-electron chi connectivity index (χ4n) is 1.16. The highest BCUT2D eigenvalue weighted by molar-refractivity contribution is 5.89. The van der Waals surface area contributed by atoms with Crippen LogP contribution in [0.2, 0.25) is 0 Å². The van der Waals surface area contributed by atoms with E-state index in [0.717, 1.165) is 6.42 Å². The maximum absolute atomic E-state index is 11.4. The third-order valence-corrected chi connectivity index (χ3v) is 2.04. The van der Waals surface area contributed by atoms with Crippen molar-refractivity contribution >= 4 is 11.8 Å². The zero-order valence-electron chi connectivity index (χ0n) is 9.67. The molecule has 0 aliphatic rings. The second-order valence-electron chi connectivity index (χ2n) is 3.52. The fraction of sp³-hybridized carbons (Fsp3) is 0.800. The lowest BCUT2D eigenvalue weighted by Crippen LogP contribution is -2.50. The van der Waals surface area contributed by atoms with E-state index >= 15 is 0 Å². The molecular weight excluding hydrogens is 194 g/mol. The molecule has 0 aromatic rings. The first-order valence-corrected chi connectivity index (χ1v) is 5.36. The molecule has 4 N–H and O–H groups in total. The summed E-state index contributed by atoms with van der Waals surface area (Å²) in [5, 5.41) is 5.20. The van der Waals surface area contributed by atoms with Crippen LogP contribution in [0.3, 0.4) is 0 Å². The van der Waals surface area contributed by atoms with E-state index in [1.54, 1.807) is 6.92 Å². The monoisotopic (exact) mass is 215 g/mol. The van der Waals surface area contributed by atoms with E-state index in [4.69, 9.17) is 5.73 Å². The van der Waals surface area contributed by atoms with Gasteiger partial charge in [-0.15, -0.1) is 0 Å². The topological polar surface area (TPSA) is 84.2 Å². The van der Waals surface area contributed by atoms with Gasteiger partial charge < -0.3 is 16.4 Å². The Labute approximate surface area is 90.8 Å². The highest BCUT2D eigenvalue weighted by Crippen LogP contribution is 1.94. The summed E-state index contributed by atoms with van der Waals surface area (Å²) in [5.74, 6) is -0.454. The molecule has 0 rings (SSSR count). The van der Waals surface area contributed by atoms with Crippen LogP contribution in [0.1, 0.15) is 33.6 Å². The van der Waals surface area contributed by atoms with Crippen molar-refractivity contribution in [1.29, 1.82) is 0 Å². The Kier molecular flexibility index (Phi) is 6.70. The zero-order chi connectivity index (χ0) is 11.8. The lowest BCUT2D eigenvalue weighted by Gasteiger charge is -2.16. The molecule has 2 amide bonds. The summed E-state index contributed by atoms with van der Waals surface area (Å²) in [5.41, 5.74) is 5.61. The van der Waals surface area contributed by atoms with Crippen LogP contribution >= 0.6 is 0 Å². The Morgan fingerprint density at radius 2 is 1.87 bits per heavy atom. The second-order valence-corrected chi connectivity index (χ2v) is 3.52. The number of nitrogens with two attached hydrogens (primary N) is 1. The molecule has 0 fully saturated rings. The number of carbonyl (C=O) groups excluding carboxylic acids is 2. The van der Waals surface area contributed by atoms with Crippen molar-refractivity contribution < 1.29 is 9.59 Å². The Bertz CT molecular complexity index is 219. The molecule has 0 saturated carbocycles. The van der Waals surface area contributed by atoms with Gasteiger partial charge >= 0.3 is 0 Å². The summed E-state index contributed by atoms with van der Waals surface area (Å²) in [6.07, 6.45) is 1.48. The lowest BCUT2D eigenvalue weighted by atomic mass is 10.1. The SMILES string of the molecule is CCC[C@@H](N)C(=O)NC(C)C(=O)NCC. The number of amides is 2. The quantitative estimate of drug-likeness (QED) is 0.571. The molecule has 0 spiro atoms. The van der Waals surface area contributed by atoms with Gasteiger partial charge in [-0.2, -0.15) is 0 Å². The molecule has 0 aliphatic carbocycles. The molecule has 0 aliphatic heterocycles. The number of hydrogen-bond acceptors (Lipinski definition) is 3. The van der Waals surface area contributed by atoms with Gasteiger partial charge in [-0.1, -0.05) is 13.3 Å². The number of carbonyl (C=O) groups is 2. The first-order chi connectivity index (χ1) is 7.02. The number of rotatable bonds is 6. The summed E-state index contributed by atoms with van der Waals surface area (Å²) < 4.78 is 0. The molecule has 88 valence electrons. The van der Waals surface area contributed by atoms with E-state index in [1.807, 2.05) is 13.8 Å². The normalized spacial score (nSPS) is 14.1. The lowest BCUT2D eigenvalue weighted by molar-refractivity contribution is -0.129. The smallest absolute Gasteiger partial charge is 0.242 e. The summed E-state index contributed by atoms with van der Waals surface area (Å²) in [4.78, 5) is 22.7. The van der Waals surface area contributed by atoms with E-state index in [1.165, 1.54) is 0 Å². The molecule has 5 nitrogen and oxygen atoms in total. The highest BCUT2D eigenvalue weighted by atomic mass is 16.2. The molecule has 0 bridgehead atoms. The third kappa shape index (κ3) is 5.37. The van der Waals surface area contributed by atoms with Crippen LogP contribution in [-0.2, 0) is 9.59 Å². The van der Waals surface area contributed by atoms with Crippen LogP contribution < -0.4 is 16.4 Å². The van der Waals surface area contributed by atoms with Crippen molar-refractivity contribution in [2.45, 2.75) is 45.7 Å². The first kappa shape index (κ1) is 13.9. The molecule has 0 aromatic carbocycles. The number of nitrogens with one attached hydrogen (secondary N) is 2. The van der Waals surface area contributed by atoms with Gasteiger partial charge in [0.25, 0.3) is 0 Å². The maximum atomic E-state index is 11.4. The van der Waals surface area contributed by atoms with Gasteiger partial charge in [-0.3, -0.25) is 9.59 Å². The highest BCUT2D eigenvalue weighted by Gasteiger charge is 2.18. The van der Waals surface area contributed by atoms with Crippen LogP contribution in [0.25, 0.3) is 0 Å². The first-order valence-electron chi connectivity index (χ1n) is 5.36. The summed E-state index contributed by atoms with van der Waals surface area (Å²) in [7, 11) is 0. The average molecular weight is 215 g/mol. The van der Waals surface area contributed by atoms with Crippen molar-refractivity contribution in [3.63, 3.8) is 0 Å². The van der Waals surface area contributed by atoms with Crippen LogP contribution in [0, 0.1) is 0 Å². The predicted molar refractivity (Wildman–Crippen MR) is 59.2 cm³/mol. The van der Waals surface area contributed by atoms with E-state index in [9.17, 15) is 9.59 Å². The van der Waals surface area contributed by atoms with E-state index in [0.29, 0.717) is 13.0 Å². The van der Waals surface area contributed by atoms with Crippen LogP contribution in [0.5, 0.6) is 0 Å². The number of hydrogen-bond donors (Lipinski definition) is 3. The summed E-state index contributed by atoms with van der Waals surface area (Å²) in [6, 6.07) is -1.05. The van der Waals surface area contributed by atoms with Gasteiger partial charge in [-0.05, 0) is 20.3 Å². The Morgan fingerprint density at radius 3 is 2.33 bits per heavy atom. The van der Waals surface area contributed by atoms with Gasteiger partial charge in [0.2, 0.25) is 11.8 Å². The van der Waals surface area contributed by atoms with E-state index < -0.39 is 12.1 Å². The minimum atomic E-state index is -0.527. The Morgan fingerprint density at radius 1 is 1.27 bits per heavy atom. The van der Waals surface area contributed by atoms with Gasteiger partial charge in [0.15, 0.2) is 0 Å². The summed E-state index contributed by atoms with van der Waals surface area (Å²) in [6.45, 7) is 5.98. The summed E-state index contributed by atoms with van der Waals surface area (Å²) >= 11 is 0. The maximum Gasteiger partial charge on any atom is 0.242 e. The van der Waals surface area contributed by atoms with Crippen molar-refractivity contribution in [1.82, 2.24) is 10.6 Å². The largest absolute Gasteiger partial charge is 0.355 e. The van der Waals surface area contributed by atoms with E-state index in [2.05, 4.69) is 10.6 Å². The molecule has 15 heavy (non-hydrogen) atoms. The molecule has 1 unspecified atom stereocenters. The Balaban J connectivity index is 4.00. The van der Waals surface area contributed by atoms with Gasteiger partial charge in [0.1, 0.15) is 6.04 Å². The zero-order valence-corrected chi connectivity index (χ0v) is 9.67. The van der Waals surface area contributed by atoms with Gasteiger partial charge in [0, 0.05) is 6.54 Å². The molecule has 5 heteroatoms. The fourth-order valence-corrected chi connectivity index (χ4v) is 1.16. The van der Waals surface area contributed by atoms with Crippen molar-refractivity contribution in [2.24, 2.45) is 5.73 Å². The van der Waals surface area contributed by atoms with Crippen LogP contribution in [-0.4, -0.2) is 30.4 Å². The minimum absolute atomic E-state index is 0.186. The molecule has 0 saturated heterocycles. The molecule has 2 atom stereocenters. The molecule has 0 aromatic heterocycles. The standard InChI is InChI=1S/C10H21N3O2/c1-4-6-8(11)10(15)13-7(3)9(14)12-5-2/h7-8H,4-6,11H2,1-3H3,(H,12,14)(H,13,15)/t7?,8-/m1/s1. The van der Waals surface area contributed by atoms with Gasteiger partial charge in [0.05, 0.1) is 6.04 Å². The van der Waals surface area contributed by atoms with Gasteiger partial charge in [-0.25, -0.2) is 0 Å². The van der Waals surface area contributed by atoms with Crippen LogP contribution in [0.15, 0.2) is 0 Å². The second kappa shape index (κ2) is 7.23. The van der Waals surface area contributed by atoms with Crippen molar-refractivity contribution in [2.75, 3.05) is 6.54 Å². The third-order valence-electron chi connectivity index (χ3n) is 2.04. The van der Waals surface area contributed by atoms with E-state index in [-0.39, 0.29) is 11.8 Å². The molecular formula is C10H21N3O2.